The number of benzene rings is 4. The number of rotatable bonds is 6. The van der Waals surface area contributed by atoms with E-state index in [4.69, 9.17) is 11.5 Å². The molecule has 4 aromatic rings. The summed E-state index contributed by atoms with van der Waals surface area (Å²) < 4.78 is 0. The molecular weight excluding hydrogens is 366 g/mol. The van der Waals surface area contributed by atoms with Crippen LogP contribution >= 0.6 is 0 Å². The smallest absolute Gasteiger partial charge is 0.105 e. The number of hydrogen-bond donors (Lipinski definition) is 2. The normalized spacial score (nSPS) is 13.4. The van der Waals surface area contributed by atoms with Gasteiger partial charge >= 0.3 is 0 Å². The summed E-state index contributed by atoms with van der Waals surface area (Å²) in [6.45, 7) is 4.39. The number of hydrogen-bond acceptors (Lipinski definition) is 3. The van der Waals surface area contributed by atoms with E-state index in [0.717, 1.165) is 22.2 Å². The van der Waals surface area contributed by atoms with E-state index in [1.807, 2.05) is 18.2 Å². The molecule has 2 atom stereocenters. The molecule has 0 spiro atoms. The van der Waals surface area contributed by atoms with E-state index >= 15 is 0 Å². The Labute approximate surface area is 178 Å². The summed E-state index contributed by atoms with van der Waals surface area (Å²) >= 11 is 0. The SMILES string of the molecule is CC(C)c1ccc(C(N)N(c2cccc3ccccc23)C(N)c2ccccc2)cc1. The number of fused-ring (bicyclic) bond motifs is 1. The van der Waals surface area contributed by atoms with Gasteiger partial charge in [0, 0.05) is 11.1 Å². The fourth-order valence-electron chi connectivity index (χ4n) is 3.96. The molecule has 4 aromatic carbocycles. The van der Waals surface area contributed by atoms with Crippen LogP contribution in [0.2, 0.25) is 0 Å². The minimum absolute atomic E-state index is 0.378. The van der Waals surface area contributed by atoms with Crippen molar-refractivity contribution in [3.05, 3.63) is 114 Å². The van der Waals surface area contributed by atoms with Crippen molar-refractivity contribution in [1.82, 2.24) is 0 Å². The quantitative estimate of drug-likeness (QED) is 0.389. The fraction of sp³-hybridized carbons (Fsp3) is 0.185. The van der Waals surface area contributed by atoms with Crippen molar-refractivity contribution in [3.8, 4) is 0 Å². The van der Waals surface area contributed by atoms with Gasteiger partial charge in [0.25, 0.3) is 0 Å². The summed E-state index contributed by atoms with van der Waals surface area (Å²) in [6.07, 6.45) is -0.760. The second-order valence-electron chi connectivity index (χ2n) is 8.03. The van der Waals surface area contributed by atoms with Crippen LogP contribution in [0.4, 0.5) is 5.69 Å². The maximum Gasteiger partial charge on any atom is 0.105 e. The van der Waals surface area contributed by atoms with Gasteiger partial charge in [-0.1, -0.05) is 105 Å². The lowest BCUT2D eigenvalue weighted by atomic mass is 9.99. The lowest BCUT2D eigenvalue weighted by Crippen LogP contribution is -2.42. The summed E-state index contributed by atoms with van der Waals surface area (Å²) in [6, 6.07) is 33.3. The van der Waals surface area contributed by atoms with Gasteiger partial charge < -0.3 is 16.4 Å². The van der Waals surface area contributed by atoms with E-state index in [1.54, 1.807) is 0 Å². The van der Waals surface area contributed by atoms with Crippen molar-refractivity contribution in [2.45, 2.75) is 32.1 Å². The average Bonchev–Trinajstić information content (AvgIpc) is 2.80. The third-order valence-electron chi connectivity index (χ3n) is 5.73. The van der Waals surface area contributed by atoms with Crippen molar-refractivity contribution in [1.29, 1.82) is 0 Å². The molecule has 4 rings (SSSR count). The van der Waals surface area contributed by atoms with Gasteiger partial charge in [-0.3, -0.25) is 0 Å². The first-order valence-electron chi connectivity index (χ1n) is 10.5. The Morgan fingerprint density at radius 2 is 1.10 bits per heavy atom. The largest absolute Gasteiger partial charge is 0.332 e. The minimum Gasteiger partial charge on any atom is -0.332 e. The molecule has 0 fully saturated rings. The van der Waals surface area contributed by atoms with Gasteiger partial charge in [0.15, 0.2) is 0 Å². The average molecular weight is 396 g/mol. The molecule has 0 bridgehead atoms. The second kappa shape index (κ2) is 8.70. The molecule has 0 saturated heterocycles. The van der Waals surface area contributed by atoms with E-state index in [-0.39, 0.29) is 12.3 Å². The number of nitrogens with two attached hydrogens (primary N) is 2. The molecule has 0 amide bonds. The summed E-state index contributed by atoms with van der Waals surface area (Å²) in [5.74, 6) is 0.482. The maximum atomic E-state index is 6.87. The van der Waals surface area contributed by atoms with Crippen LogP contribution in [0.5, 0.6) is 0 Å². The van der Waals surface area contributed by atoms with Crippen molar-refractivity contribution in [2.75, 3.05) is 4.90 Å². The van der Waals surface area contributed by atoms with Gasteiger partial charge in [0.2, 0.25) is 0 Å². The molecule has 4 N–H and O–H groups in total. The van der Waals surface area contributed by atoms with E-state index in [0.29, 0.717) is 5.92 Å². The topological polar surface area (TPSA) is 55.3 Å². The number of anilines is 1. The standard InChI is InChI=1S/C27H29N3/c1-19(2)20-15-17-23(18-16-20)27(29)30(26(28)22-10-4-3-5-11-22)25-14-8-12-21-9-6-7-13-24(21)25/h3-19,26-27H,28-29H2,1-2H3. The highest BCUT2D eigenvalue weighted by molar-refractivity contribution is 5.94. The Bertz CT molecular complexity index is 1100. The van der Waals surface area contributed by atoms with Crippen molar-refractivity contribution >= 4 is 16.5 Å². The molecule has 0 heterocycles. The van der Waals surface area contributed by atoms with Gasteiger partial charge in [-0.25, -0.2) is 0 Å². The molecule has 0 saturated carbocycles. The minimum atomic E-state index is -0.382. The highest BCUT2D eigenvalue weighted by Crippen LogP contribution is 2.36. The zero-order valence-corrected chi connectivity index (χ0v) is 17.6. The monoisotopic (exact) mass is 395 g/mol. The zero-order chi connectivity index (χ0) is 21.1. The lowest BCUT2D eigenvalue weighted by Gasteiger charge is -2.37. The van der Waals surface area contributed by atoms with Crippen LogP contribution in [0.1, 0.15) is 48.8 Å². The van der Waals surface area contributed by atoms with Crippen molar-refractivity contribution < 1.29 is 0 Å². The first-order chi connectivity index (χ1) is 14.6. The molecule has 152 valence electrons. The van der Waals surface area contributed by atoms with Crippen molar-refractivity contribution in [3.63, 3.8) is 0 Å². The number of nitrogens with zero attached hydrogens (tertiary/aromatic N) is 1. The maximum absolute atomic E-state index is 6.87. The predicted molar refractivity (Wildman–Crippen MR) is 127 cm³/mol. The molecule has 3 nitrogen and oxygen atoms in total. The first kappa shape index (κ1) is 20.1. The summed E-state index contributed by atoms with van der Waals surface area (Å²) in [7, 11) is 0. The third-order valence-corrected chi connectivity index (χ3v) is 5.73. The first-order valence-corrected chi connectivity index (χ1v) is 10.5. The van der Waals surface area contributed by atoms with Gasteiger partial charge in [0.1, 0.15) is 12.3 Å². The molecular formula is C27H29N3. The van der Waals surface area contributed by atoms with Crippen LogP contribution < -0.4 is 16.4 Å². The Morgan fingerprint density at radius 1 is 0.567 bits per heavy atom. The van der Waals surface area contributed by atoms with Crippen LogP contribution in [-0.2, 0) is 0 Å². The van der Waals surface area contributed by atoms with E-state index < -0.39 is 0 Å². The summed E-state index contributed by atoms with van der Waals surface area (Å²) in [5.41, 5.74) is 18.1. The fourth-order valence-corrected chi connectivity index (χ4v) is 3.96. The van der Waals surface area contributed by atoms with Gasteiger partial charge in [-0.15, -0.1) is 0 Å². The van der Waals surface area contributed by atoms with Gasteiger partial charge in [0.05, 0.1) is 0 Å². The molecule has 0 aliphatic heterocycles. The lowest BCUT2D eigenvalue weighted by molar-refractivity contribution is 0.554. The highest BCUT2D eigenvalue weighted by Gasteiger charge is 2.25. The van der Waals surface area contributed by atoms with Crippen LogP contribution in [0.25, 0.3) is 10.8 Å². The molecule has 3 heteroatoms. The van der Waals surface area contributed by atoms with Crippen LogP contribution in [0.15, 0.2) is 97.1 Å². The Hall–Kier alpha value is -3.14. The van der Waals surface area contributed by atoms with E-state index in [1.165, 1.54) is 10.9 Å². The summed E-state index contributed by atoms with van der Waals surface area (Å²) in [4.78, 5) is 2.13. The van der Waals surface area contributed by atoms with E-state index in [9.17, 15) is 0 Å². The molecule has 0 aromatic heterocycles. The third kappa shape index (κ3) is 3.95. The van der Waals surface area contributed by atoms with Gasteiger partial charge in [-0.2, -0.15) is 0 Å². The van der Waals surface area contributed by atoms with Crippen LogP contribution in [-0.4, -0.2) is 0 Å². The summed E-state index contributed by atoms with van der Waals surface area (Å²) in [5, 5.41) is 2.31. The van der Waals surface area contributed by atoms with Crippen molar-refractivity contribution in [2.24, 2.45) is 11.5 Å². The molecule has 2 unspecified atom stereocenters. The Morgan fingerprint density at radius 3 is 1.77 bits per heavy atom. The zero-order valence-electron chi connectivity index (χ0n) is 17.6. The molecule has 30 heavy (non-hydrogen) atoms. The van der Waals surface area contributed by atoms with Gasteiger partial charge in [-0.05, 0) is 34.1 Å². The van der Waals surface area contributed by atoms with E-state index in [2.05, 4.69) is 97.6 Å². The van der Waals surface area contributed by atoms with Crippen LogP contribution in [0, 0.1) is 0 Å². The molecule has 0 aliphatic rings. The highest BCUT2D eigenvalue weighted by atomic mass is 15.3. The Kier molecular flexibility index (Phi) is 5.84. The molecule has 0 radical (unpaired) electrons. The predicted octanol–water partition coefficient (Wildman–Crippen LogP) is 6.08. The van der Waals surface area contributed by atoms with Crippen LogP contribution in [0.3, 0.4) is 0 Å². The molecule has 0 aliphatic carbocycles. The second-order valence-corrected chi connectivity index (χ2v) is 8.03. The Balaban J connectivity index is 1.83.